The summed E-state index contributed by atoms with van der Waals surface area (Å²) in [4.78, 5) is 12.1. The van der Waals surface area contributed by atoms with Gasteiger partial charge in [-0.15, -0.1) is 0 Å². The Morgan fingerprint density at radius 3 is 2.70 bits per heavy atom. The number of carbonyl (C=O) groups is 1. The fourth-order valence-electron chi connectivity index (χ4n) is 2.17. The lowest BCUT2D eigenvalue weighted by molar-refractivity contribution is 0.0696. The molecule has 20 heavy (non-hydrogen) atoms. The molecule has 1 fully saturated rings. The number of hydrogen-bond acceptors (Lipinski definition) is 4. The number of hydrogen-bond donors (Lipinski definition) is 2. The first kappa shape index (κ1) is 14.9. The Balaban J connectivity index is 2.23. The highest BCUT2D eigenvalue weighted by Crippen LogP contribution is 2.18. The zero-order valence-electron chi connectivity index (χ0n) is 10.8. The molecular weight excluding hydrogens is 287 g/mol. The minimum atomic E-state index is -3.98. The molecule has 1 saturated heterocycles. The molecule has 1 heterocycles. The number of benzene rings is 1. The standard InChI is InChI=1S/C12H15FN2O4S/c1-15-5-4-9(7-15)14-20(18,19)11-3-2-8(12(16)17)6-10(11)13/h2-3,6,9,14H,4-5,7H2,1H3,(H,16,17). The molecule has 0 aliphatic carbocycles. The topological polar surface area (TPSA) is 86.7 Å². The van der Waals surface area contributed by atoms with Crippen LogP contribution in [0.15, 0.2) is 23.1 Å². The SMILES string of the molecule is CN1CCC(NS(=O)(=O)c2ccc(C(=O)O)cc2F)C1. The molecule has 1 aromatic carbocycles. The van der Waals surface area contributed by atoms with Crippen molar-refractivity contribution in [1.29, 1.82) is 0 Å². The van der Waals surface area contributed by atoms with Crippen LogP contribution in [0.4, 0.5) is 4.39 Å². The number of aromatic carboxylic acids is 1. The van der Waals surface area contributed by atoms with Crippen molar-refractivity contribution in [3.8, 4) is 0 Å². The third-order valence-corrected chi connectivity index (χ3v) is 4.74. The Labute approximate surface area is 116 Å². The van der Waals surface area contributed by atoms with E-state index in [-0.39, 0.29) is 11.6 Å². The van der Waals surface area contributed by atoms with Crippen molar-refractivity contribution >= 4 is 16.0 Å². The lowest BCUT2D eigenvalue weighted by atomic mass is 10.2. The van der Waals surface area contributed by atoms with Crippen molar-refractivity contribution in [2.75, 3.05) is 20.1 Å². The van der Waals surface area contributed by atoms with E-state index in [1.54, 1.807) is 0 Å². The molecule has 1 unspecified atom stereocenters. The lowest BCUT2D eigenvalue weighted by Crippen LogP contribution is -2.36. The predicted molar refractivity (Wildman–Crippen MR) is 69.6 cm³/mol. The number of halogens is 1. The number of carboxylic acids is 1. The van der Waals surface area contributed by atoms with Crippen LogP contribution in [0.5, 0.6) is 0 Å². The first-order chi connectivity index (χ1) is 9.29. The largest absolute Gasteiger partial charge is 0.478 e. The van der Waals surface area contributed by atoms with Gasteiger partial charge in [0, 0.05) is 12.6 Å². The first-order valence-corrected chi connectivity index (χ1v) is 7.51. The van der Waals surface area contributed by atoms with E-state index in [1.165, 1.54) is 0 Å². The van der Waals surface area contributed by atoms with Crippen LogP contribution < -0.4 is 4.72 Å². The van der Waals surface area contributed by atoms with E-state index in [9.17, 15) is 17.6 Å². The molecule has 2 rings (SSSR count). The van der Waals surface area contributed by atoms with Gasteiger partial charge in [0.1, 0.15) is 10.7 Å². The van der Waals surface area contributed by atoms with E-state index in [0.717, 1.165) is 18.7 Å². The number of nitrogens with zero attached hydrogens (tertiary/aromatic N) is 1. The number of rotatable bonds is 4. The van der Waals surface area contributed by atoms with E-state index in [2.05, 4.69) is 4.72 Å². The number of nitrogens with one attached hydrogen (secondary N) is 1. The highest BCUT2D eigenvalue weighted by Gasteiger charge is 2.27. The maximum atomic E-state index is 13.8. The minimum Gasteiger partial charge on any atom is -0.478 e. The molecule has 1 aliphatic rings. The van der Waals surface area contributed by atoms with Gasteiger partial charge >= 0.3 is 5.97 Å². The summed E-state index contributed by atoms with van der Waals surface area (Å²) in [6.07, 6.45) is 0.657. The van der Waals surface area contributed by atoms with Crippen molar-refractivity contribution in [3.63, 3.8) is 0 Å². The van der Waals surface area contributed by atoms with Crippen LogP contribution in [0.3, 0.4) is 0 Å². The van der Waals surface area contributed by atoms with Crippen LogP contribution in [-0.4, -0.2) is 50.6 Å². The van der Waals surface area contributed by atoms with Crippen molar-refractivity contribution in [3.05, 3.63) is 29.6 Å². The van der Waals surface area contributed by atoms with Crippen molar-refractivity contribution in [2.45, 2.75) is 17.4 Å². The molecule has 8 heteroatoms. The third-order valence-electron chi connectivity index (χ3n) is 3.18. The molecule has 0 aromatic heterocycles. The number of carboxylic acid groups (broad SMARTS) is 1. The van der Waals surface area contributed by atoms with Crippen LogP contribution in [-0.2, 0) is 10.0 Å². The van der Waals surface area contributed by atoms with Crippen LogP contribution in [0.2, 0.25) is 0 Å². The Morgan fingerprint density at radius 1 is 1.50 bits per heavy atom. The van der Waals surface area contributed by atoms with Gasteiger partial charge in [-0.1, -0.05) is 0 Å². The molecule has 0 spiro atoms. The fraction of sp³-hybridized carbons (Fsp3) is 0.417. The quantitative estimate of drug-likeness (QED) is 0.846. The molecule has 110 valence electrons. The van der Waals surface area contributed by atoms with Crippen molar-refractivity contribution < 1.29 is 22.7 Å². The van der Waals surface area contributed by atoms with Gasteiger partial charge in [-0.2, -0.15) is 0 Å². The third kappa shape index (κ3) is 3.14. The van der Waals surface area contributed by atoms with Gasteiger partial charge in [-0.3, -0.25) is 0 Å². The van der Waals surface area contributed by atoms with E-state index in [1.807, 2.05) is 11.9 Å². The molecular formula is C12H15FN2O4S. The summed E-state index contributed by atoms with van der Waals surface area (Å²) >= 11 is 0. The Kier molecular flexibility index (Phi) is 4.07. The van der Waals surface area contributed by atoms with Gasteiger partial charge in [0.2, 0.25) is 10.0 Å². The zero-order chi connectivity index (χ0) is 14.9. The van der Waals surface area contributed by atoms with E-state index >= 15 is 0 Å². The van der Waals surface area contributed by atoms with Crippen LogP contribution in [0, 0.1) is 5.82 Å². The Morgan fingerprint density at radius 2 is 2.20 bits per heavy atom. The summed E-state index contributed by atoms with van der Waals surface area (Å²) < 4.78 is 40.4. The summed E-state index contributed by atoms with van der Waals surface area (Å²) in [7, 11) is -2.11. The average molecular weight is 302 g/mol. The molecule has 0 amide bonds. The van der Waals surface area contributed by atoms with E-state index in [4.69, 9.17) is 5.11 Å². The molecule has 1 aromatic rings. The van der Waals surface area contributed by atoms with Crippen LogP contribution >= 0.6 is 0 Å². The number of likely N-dealkylation sites (N-methyl/N-ethyl adjacent to an activating group) is 1. The van der Waals surface area contributed by atoms with Crippen molar-refractivity contribution in [2.24, 2.45) is 0 Å². The van der Waals surface area contributed by atoms with Gasteiger partial charge < -0.3 is 10.0 Å². The Bertz CT molecular complexity index is 632. The zero-order valence-corrected chi connectivity index (χ0v) is 11.7. The van der Waals surface area contributed by atoms with E-state index < -0.39 is 26.7 Å². The van der Waals surface area contributed by atoms with Gasteiger partial charge in [0.25, 0.3) is 0 Å². The smallest absolute Gasteiger partial charge is 0.335 e. The second kappa shape index (κ2) is 5.47. The number of likely N-dealkylation sites (tertiary alicyclic amines) is 1. The van der Waals surface area contributed by atoms with Gasteiger partial charge in [0.15, 0.2) is 0 Å². The highest BCUT2D eigenvalue weighted by atomic mass is 32.2. The number of sulfonamides is 1. The second-order valence-electron chi connectivity index (χ2n) is 4.82. The predicted octanol–water partition coefficient (Wildman–Crippen LogP) is 0.506. The summed E-state index contributed by atoms with van der Waals surface area (Å²) in [6, 6.07) is 2.49. The first-order valence-electron chi connectivity index (χ1n) is 6.03. The minimum absolute atomic E-state index is 0.261. The monoisotopic (exact) mass is 302 g/mol. The summed E-state index contributed by atoms with van der Waals surface area (Å²) in [6.45, 7) is 1.33. The van der Waals surface area contributed by atoms with Gasteiger partial charge in [0.05, 0.1) is 5.56 Å². The maximum Gasteiger partial charge on any atom is 0.335 e. The molecule has 0 saturated carbocycles. The maximum absolute atomic E-state index is 13.8. The Hall–Kier alpha value is -1.51. The summed E-state index contributed by atoms with van der Waals surface area (Å²) in [5.74, 6) is -2.37. The molecule has 6 nitrogen and oxygen atoms in total. The second-order valence-corrected chi connectivity index (χ2v) is 6.50. The highest BCUT2D eigenvalue weighted by molar-refractivity contribution is 7.89. The van der Waals surface area contributed by atoms with Crippen LogP contribution in [0.1, 0.15) is 16.8 Å². The molecule has 1 aliphatic heterocycles. The summed E-state index contributed by atoms with van der Waals surface area (Å²) in [5, 5.41) is 8.72. The van der Waals surface area contributed by atoms with Crippen LogP contribution in [0.25, 0.3) is 0 Å². The fourth-order valence-corrected chi connectivity index (χ4v) is 3.49. The molecule has 2 N–H and O–H groups in total. The summed E-state index contributed by atoms with van der Waals surface area (Å²) in [5.41, 5.74) is -0.290. The molecule has 0 radical (unpaired) electrons. The lowest BCUT2D eigenvalue weighted by Gasteiger charge is -2.14. The van der Waals surface area contributed by atoms with Crippen molar-refractivity contribution in [1.82, 2.24) is 9.62 Å². The van der Waals surface area contributed by atoms with Gasteiger partial charge in [-0.25, -0.2) is 22.3 Å². The average Bonchev–Trinajstić information content (AvgIpc) is 2.73. The normalized spacial score (nSPS) is 20.2. The van der Waals surface area contributed by atoms with Gasteiger partial charge in [-0.05, 0) is 38.2 Å². The molecule has 0 bridgehead atoms. The van der Waals surface area contributed by atoms with E-state index in [0.29, 0.717) is 19.0 Å². The molecule has 1 atom stereocenters.